The van der Waals surface area contributed by atoms with E-state index >= 15 is 0 Å². The second-order valence-electron chi connectivity index (χ2n) is 5.05. The average molecular weight is 278 g/mol. The largest absolute Gasteiger partial charge is 0.459 e. The standard InChI is InChI=1S/C15H16ClNO2/c1-15(2,11-5-3-6-12(16)9-11)10-17-14(18)13-7-4-8-19-13/h3-9H,10H2,1-2H3,(H,17,18). The van der Waals surface area contributed by atoms with E-state index in [1.54, 1.807) is 12.1 Å². The summed E-state index contributed by atoms with van der Waals surface area (Å²) in [6.45, 7) is 4.62. The average Bonchev–Trinajstić information content (AvgIpc) is 2.90. The van der Waals surface area contributed by atoms with E-state index in [0.717, 1.165) is 5.56 Å². The highest BCUT2D eigenvalue weighted by atomic mass is 35.5. The Bertz CT molecular complexity index is 561. The molecule has 1 N–H and O–H groups in total. The lowest BCUT2D eigenvalue weighted by molar-refractivity contribution is 0.0918. The maximum absolute atomic E-state index is 11.8. The number of halogens is 1. The number of benzene rings is 1. The minimum Gasteiger partial charge on any atom is -0.459 e. The van der Waals surface area contributed by atoms with Crippen molar-refractivity contribution < 1.29 is 9.21 Å². The molecule has 0 atom stereocenters. The van der Waals surface area contributed by atoms with E-state index in [1.165, 1.54) is 6.26 Å². The molecule has 100 valence electrons. The second-order valence-corrected chi connectivity index (χ2v) is 5.49. The first-order valence-corrected chi connectivity index (χ1v) is 6.44. The molecule has 2 rings (SSSR count). The van der Waals surface area contributed by atoms with Crippen molar-refractivity contribution >= 4 is 17.5 Å². The minimum atomic E-state index is -0.208. The monoisotopic (exact) mass is 277 g/mol. The molecule has 0 saturated carbocycles. The van der Waals surface area contributed by atoms with Crippen LogP contribution in [0, 0.1) is 0 Å². The molecule has 1 heterocycles. The van der Waals surface area contributed by atoms with Gasteiger partial charge < -0.3 is 9.73 Å². The van der Waals surface area contributed by atoms with Gasteiger partial charge >= 0.3 is 0 Å². The molecule has 0 saturated heterocycles. The molecule has 0 bridgehead atoms. The van der Waals surface area contributed by atoms with E-state index in [4.69, 9.17) is 16.0 Å². The van der Waals surface area contributed by atoms with Gasteiger partial charge in [0.1, 0.15) is 0 Å². The molecule has 0 spiro atoms. The summed E-state index contributed by atoms with van der Waals surface area (Å²) < 4.78 is 5.05. The molecule has 2 aromatic rings. The van der Waals surface area contributed by atoms with Crippen LogP contribution < -0.4 is 5.32 Å². The van der Waals surface area contributed by atoms with Gasteiger partial charge in [0.2, 0.25) is 0 Å². The van der Waals surface area contributed by atoms with Crippen LogP contribution >= 0.6 is 11.6 Å². The Morgan fingerprint density at radius 2 is 2.11 bits per heavy atom. The van der Waals surface area contributed by atoms with Crippen molar-refractivity contribution in [1.29, 1.82) is 0 Å². The summed E-state index contributed by atoms with van der Waals surface area (Å²) in [6.07, 6.45) is 1.48. The maximum atomic E-state index is 11.8. The Morgan fingerprint density at radius 1 is 1.32 bits per heavy atom. The quantitative estimate of drug-likeness (QED) is 0.927. The number of hydrogen-bond acceptors (Lipinski definition) is 2. The number of carbonyl (C=O) groups excluding carboxylic acids is 1. The van der Waals surface area contributed by atoms with Crippen molar-refractivity contribution in [2.75, 3.05) is 6.54 Å². The Balaban J connectivity index is 2.03. The van der Waals surface area contributed by atoms with Gasteiger partial charge in [0.05, 0.1) is 6.26 Å². The molecule has 1 amide bonds. The summed E-state index contributed by atoms with van der Waals surface area (Å²) >= 11 is 5.99. The highest BCUT2D eigenvalue weighted by Gasteiger charge is 2.22. The third-order valence-corrected chi connectivity index (χ3v) is 3.28. The normalized spacial score (nSPS) is 11.3. The first-order chi connectivity index (χ1) is 8.99. The topological polar surface area (TPSA) is 42.2 Å². The third kappa shape index (κ3) is 3.38. The smallest absolute Gasteiger partial charge is 0.287 e. The highest BCUT2D eigenvalue weighted by Crippen LogP contribution is 2.24. The van der Waals surface area contributed by atoms with Gasteiger partial charge in [0.15, 0.2) is 5.76 Å². The Labute approximate surface area is 117 Å². The van der Waals surface area contributed by atoms with Crippen LogP contribution in [-0.2, 0) is 5.41 Å². The van der Waals surface area contributed by atoms with Crippen LogP contribution in [-0.4, -0.2) is 12.5 Å². The molecule has 0 aliphatic heterocycles. The molecule has 0 radical (unpaired) electrons. The predicted molar refractivity (Wildman–Crippen MR) is 75.5 cm³/mol. The van der Waals surface area contributed by atoms with Gasteiger partial charge in [-0.25, -0.2) is 0 Å². The molecular formula is C15H16ClNO2. The van der Waals surface area contributed by atoms with Gasteiger partial charge in [-0.15, -0.1) is 0 Å². The molecule has 0 unspecified atom stereocenters. The lowest BCUT2D eigenvalue weighted by atomic mass is 9.84. The van der Waals surface area contributed by atoms with E-state index in [9.17, 15) is 4.79 Å². The molecule has 1 aromatic carbocycles. The fourth-order valence-electron chi connectivity index (χ4n) is 1.81. The van der Waals surface area contributed by atoms with Crippen LogP contribution in [0.3, 0.4) is 0 Å². The van der Waals surface area contributed by atoms with Gasteiger partial charge in [0.25, 0.3) is 5.91 Å². The van der Waals surface area contributed by atoms with Crippen molar-refractivity contribution in [1.82, 2.24) is 5.32 Å². The maximum Gasteiger partial charge on any atom is 0.287 e. The zero-order chi connectivity index (χ0) is 13.9. The molecule has 19 heavy (non-hydrogen) atoms. The molecular weight excluding hydrogens is 262 g/mol. The summed E-state index contributed by atoms with van der Waals surface area (Å²) in [5.41, 5.74) is 0.882. The summed E-state index contributed by atoms with van der Waals surface area (Å²) in [5.74, 6) is 0.113. The van der Waals surface area contributed by atoms with Gasteiger partial charge in [-0.2, -0.15) is 0 Å². The van der Waals surface area contributed by atoms with E-state index in [-0.39, 0.29) is 11.3 Å². The van der Waals surface area contributed by atoms with Crippen molar-refractivity contribution in [3.8, 4) is 0 Å². The lowest BCUT2D eigenvalue weighted by Gasteiger charge is -2.25. The number of furan rings is 1. The first-order valence-electron chi connectivity index (χ1n) is 6.07. The van der Waals surface area contributed by atoms with E-state index < -0.39 is 0 Å². The van der Waals surface area contributed by atoms with Crippen LogP contribution in [0.1, 0.15) is 30.0 Å². The lowest BCUT2D eigenvalue weighted by Crippen LogP contribution is -2.36. The summed E-state index contributed by atoms with van der Waals surface area (Å²) in [7, 11) is 0. The fraction of sp³-hybridized carbons (Fsp3) is 0.267. The SMILES string of the molecule is CC(C)(CNC(=O)c1ccco1)c1cccc(Cl)c1. The van der Waals surface area contributed by atoms with Crippen molar-refractivity contribution in [2.24, 2.45) is 0 Å². The molecule has 3 nitrogen and oxygen atoms in total. The minimum absolute atomic E-state index is 0.201. The zero-order valence-electron chi connectivity index (χ0n) is 10.9. The number of hydrogen-bond donors (Lipinski definition) is 1. The summed E-state index contributed by atoms with van der Waals surface area (Å²) in [5, 5.41) is 3.56. The molecule has 4 heteroatoms. The Hall–Kier alpha value is -1.74. The van der Waals surface area contributed by atoms with Crippen LogP contribution in [0.15, 0.2) is 47.1 Å². The number of carbonyl (C=O) groups is 1. The zero-order valence-corrected chi connectivity index (χ0v) is 11.7. The first kappa shape index (κ1) is 13.7. The summed E-state index contributed by atoms with van der Waals surface area (Å²) in [6, 6.07) is 11.0. The fourth-order valence-corrected chi connectivity index (χ4v) is 2.00. The van der Waals surface area contributed by atoms with Crippen LogP contribution in [0.2, 0.25) is 5.02 Å². The molecule has 0 aliphatic rings. The van der Waals surface area contributed by atoms with Crippen LogP contribution in [0.4, 0.5) is 0 Å². The molecule has 0 fully saturated rings. The van der Waals surface area contributed by atoms with Gasteiger partial charge in [0, 0.05) is 17.0 Å². The highest BCUT2D eigenvalue weighted by molar-refractivity contribution is 6.30. The van der Waals surface area contributed by atoms with Crippen molar-refractivity contribution in [3.63, 3.8) is 0 Å². The summed E-state index contributed by atoms with van der Waals surface area (Å²) in [4.78, 5) is 11.8. The third-order valence-electron chi connectivity index (χ3n) is 3.04. The molecule has 1 aromatic heterocycles. The van der Waals surface area contributed by atoms with E-state index in [2.05, 4.69) is 19.2 Å². The number of rotatable bonds is 4. The van der Waals surface area contributed by atoms with Gasteiger partial charge in [-0.05, 0) is 29.8 Å². The van der Waals surface area contributed by atoms with Gasteiger partial charge in [-0.1, -0.05) is 37.6 Å². The predicted octanol–water partition coefficient (Wildman–Crippen LogP) is 3.64. The Morgan fingerprint density at radius 3 is 2.74 bits per heavy atom. The van der Waals surface area contributed by atoms with Crippen LogP contribution in [0.25, 0.3) is 0 Å². The van der Waals surface area contributed by atoms with Gasteiger partial charge in [-0.3, -0.25) is 4.79 Å². The molecule has 0 aliphatic carbocycles. The Kier molecular flexibility index (Phi) is 3.96. The van der Waals surface area contributed by atoms with E-state index in [0.29, 0.717) is 17.3 Å². The van der Waals surface area contributed by atoms with Crippen molar-refractivity contribution in [3.05, 3.63) is 59.0 Å². The van der Waals surface area contributed by atoms with Crippen LogP contribution in [0.5, 0.6) is 0 Å². The number of amides is 1. The number of nitrogens with one attached hydrogen (secondary N) is 1. The van der Waals surface area contributed by atoms with E-state index in [1.807, 2.05) is 24.3 Å². The second kappa shape index (κ2) is 5.49. The van der Waals surface area contributed by atoms with Crippen molar-refractivity contribution in [2.45, 2.75) is 19.3 Å².